The summed E-state index contributed by atoms with van der Waals surface area (Å²) in [6.07, 6.45) is 0. The minimum absolute atomic E-state index is 0.133. The van der Waals surface area contributed by atoms with Gasteiger partial charge < -0.3 is 5.32 Å². The normalized spacial score (nSPS) is 10.0. The molecule has 3 nitrogen and oxygen atoms in total. The van der Waals surface area contributed by atoms with Gasteiger partial charge in [0.25, 0.3) is 5.91 Å². The molecule has 2 aromatic rings. The number of nitrogens with one attached hydrogen (secondary N) is 1. The number of hydrogen-bond donors (Lipinski definition) is 1. The first-order valence-electron chi connectivity index (χ1n) is 5.89. The highest BCUT2D eigenvalue weighted by Crippen LogP contribution is 2.24. The topological polar surface area (TPSA) is 52.9 Å². The fourth-order valence-corrected chi connectivity index (χ4v) is 2.30. The van der Waals surface area contributed by atoms with Crippen LogP contribution in [0.4, 0.5) is 10.1 Å². The number of carbonyl (C=O) groups excluding carboxylic acids is 1. The van der Waals surface area contributed by atoms with Gasteiger partial charge in [0.1, 0.15) is 5.82 Å². The maximum atomic E-state index is 13.7. The smallest absolute Gasteiger partial charge is 0.257 e. The lowest BCUT2D eigenvalue weighted by Crippen LogP contribution is -2.14. The summed E-state index contributed by atoms with van der Waals surface area (Å²) in [4.78, 5) is 12.2. The van der Waals surface area contributed by atoms with Crippen LogP contribution in [0.5, 0.6) is 0 Å². The quantitative estimate of drug-likeness (QED) is 0.838. The Morgan fingerprint density at radius 1 is 1.38 bits per heavy atom. The first kappa shape index (κ1) is 15.5. The van der Waals surface area contributed by atoms with Gasteiger partial charge in [-0.1, -0.05) is 27.5 Å². The van der Waals surface area contributed by atoms with Crippen LogP contribution in [0.15, 0.2) is 34.8 Å². The van der Waals surface area contributed by atoms with E-state index in [4.69, 9.17) is 16.9 Å². The van der Waals surface area contributed by atoms with E-state index in [9.17, 15) is 9.18 Å². The zero-order valence-corrected chi connectivity index (χ0v) is 13.2. The highest BCUT2D eigenvalue weighted by molar-refractivity contribution is 9.10. The Balaban J connectivity index is 2.38. The molecule has 0 aliphatic heterocycles. The highest BCUT2D eigenvalue weighted by atomic mass is 79.9. The van der Waals surface area contributed by atoms with Crippen LogP contribution in [0.25, 0.3) is 0 Å². The molecule has 6 heteroatoms. The van der Waals surface area contributed by atoms with Crippen molar-refractivity contribution in [2.24, 2.45) is 0 Å². The first-order valence-corrected chi connectivity index (χ1v) is 7.06. The summed E-state index contributed by atoms with van der Waals surface area (Å²) in [6.45, 7) is 1.52. The van der Waals surface area contributed by atoms with Gasteiger partial charge in [0.15, 0.2) is 0 Å². The fraction of sp³-hybridized carbons (Fsp3) is 0.0667. The van der Waals surface area contributed by atoms with Gasteiger partial charge in [-0.3, -0.25) is 4.79 Å². The van der Waals surface area contributed by atoms with Crippen molar-refractivity contribution in [3.63, 3.8) is 0 Å². The Kier molecular flexibility index (Phi) is 4.61. The minimum atomic E-state index is -0.551. The summed E-state index contributed by atoms with van der Waals surface area (Å²) >= 11 is 9.24. The number of benzene rings is 2. The lowest BCUT2D eigenvalue weighted by molar-refractivity contribution is 0.102. The van der Waals surface area contributed by atoms with Gasteiger partial charge in [-0.15, -0.1) is 0 Å². The van der Waals surface area contributed by atoms with Crippen molar-refractivity contribution in [1.29, 1.82) is 5.26 Å². The van der Waals surface area contributed by atoms with Crippen molar-refractivity contribution in [1.82, 2.24) is 0 Å². The molecule has 2 rings (SSSR count). The van der Waals surface area contributed by atoms with E-state index < -0.39 is 11.7 Å². The van der Waals surface area contributed by atoms with E-state index in [1.165, 1.54) is 13.0 Å². The van der Waals surface area contributed by atoms with E-state index in [0.29, 0.717) is 4.47 Å². The molecule has 0 aliphatic carbocycles. The fourth-order valence-electron chi connectivity index (χ4n) is 1.73. The number of nitrogens with zero attached hydrogens (tertiary/aromatic N) is 1. The van der Waals surface area contributed by atoms with E-state index in [0.717, 1.165) is 6.07 Å². The van der Waals surface area contributed by atoms with E-state index in [2.05, 4.69) is 21.2 Å². The summed E-state index contributed by atoms with van der Waals surface area (Å²) in [6, 6.07) is 9.24. The van der Waals surface area contributed by atoms with E-state index in [1.807, 2.05) is 6.07 Å². The molecule has 0 atom stereocenters. The molecular weight excluding hydrogens is 359 g/mol. The van der Waals surface area contributed by atoms with Crippen molar-refractivity contribution in [3.8, 4) is 6.07 Å². The second-order valence-electron chi connectivity index (χ2n) is 4.32. The molecular formula is C15H9BrClFN2O. The monoisotopic (exact) mass is 366 g/mol. The van der Waals surface area contributed by atoms with Gasteiger partial charge in [0, 0.05) is 15.7 Å². The number of hydrogen-bond acceptors (Lipinski definition) is 2. The standard InChI is InChI=1S/C15H9BrClFN2O/c1-8-13(18)4-9(7-19)5-14(8)20-15(21)11-6-10(16)2-3-12(11)17/h2-6H,1H3,(H,20,21). The number of halogens is 3. The molecule has 0 bridgehead atoms. The summed E-state index contributed by atoms with van der Waals surface area (Å²) in [5, 5.41) is 11.7. The Morgan fingerprint density at radius 3 is 2.76 bits per heavy atom. The van der Waals surface area contributed by atoms with Crippen LogP contribution in [-0.2, 0) is 0 Å². The summed E-state index contributed by atoms with van der Waals surface area (Å²) in [5.41, 5.74) is 0.892. The SMILES string of the molecule is Cc1c(F)cc(C#N)cc1NC(=O)c1cc(Br)ccc1Cl. The molecule has 0 unspecified atom stereocenters. The predicted molar refractivity (Wildman–Crippen MR) is 83.0 cm³/mol. The Bertz CT molecular complexity index is 771. The molecule has 106 valence electrons. The molecule has 0 saturated heterocycles. The minimum Gasteiger partial charge on any atom is -0.322 e. The zero-order chi connectivity index (χ0) is 15.6. The van der Waals surface area contributed by atoms with Crippen LogP contribution < -0.4 is 5.32 Å². The molecule has 0 heterocycles. The lowest BCUT2D eigenvalue weighted by atomic mass is 10.1. The van der Waals surface area contributed by atoms with Gasteiger partial charge in [-0.05, 0) is 37.3 Å². The van der Waals surface area contributed by atoms with E-state index in [1.54, 1.807) is 18.2 Å². The van der Waals surface area contributed by atoms with Crippen LogP contribution in [0.1, 0.15) is 21.5 Å². The molecule has 0 fully saturated rings. The first-order chi connectivity index (χ1) is 9.92. The summed E-state index contributed by atoms with van der Waals surface area (Å²) < 4.78 is 14.4. The molecule has 21 heavy (non-hydrogen) atoms. The van der Waals surface area contributed by atoms with Gasteiger partial charge in [-0.2, -0.15) is 5.26 Å². The van der Waals surface area contributed by atoms with E-state index in [-0.39, 0.29) is 27.4 Å². The second-order valence-corrected chi connectivity index (χ2v) is 5.64. The van der Waals surface area contributed by atoms with Crippen LogP contribution in [0.2, 0.25) is 5.02 Å². The molecule has 0 aromatic heterocycles. The van der Waals surface area contributed by atoms with Crippen molar-refractivity contribution in [2.75, 3.05) is 5.32 Å². The van der Waals surface area contributed by atoms with Crippen molar-refractivity contribution >= 4 is 39.1 Å². The average molecular weight is 368 g/mol. The maximum Gasteiger partial charge on any atom is 0.257 e. The van der Waals surface area contributed by atoms with Crippen LogP contribution in [0.3, 0.4) is 0 Å². The Morgan fingerprint density at radius 2 is 2.10 bits per heavy atom. The average Bonchev–Trinajstić information content (AvgIpc) is 2.46. The lowest BCUT2D eigenvalue weighted by Gasteiger charge is -2.11. The third-order valence-electron chi connectivity index (χ3n) is 2.89. The van der Waals surface area contributed by atoms with Gasteiger partial charge in [0.05, 0.1) is 22.2 Å². The second kappa shape index (κ2) is 6.25. The third kappa shape index (κ3) is 3.41. The molecule has 0 aliphatic rings. The predicted octanol–water partition coefficient (Wildman–Crippen LogP) is 4.67. The molecule has 0 saturated carbocycles. The van der Waals surface area contributed by atoms with Crippen LogP contribution in [0, 0.1) is 24.1 Å². The largest absolute Gasteiger partial charge is 0.322 e. The number of carbonyl (C=O) groups is 1. The highest BCUT2D eigenvalue weighted by Gasteiger charge is 2.14. The number of rotatable bonds is 2. The molecule has 2 aromatic carbocycles. The van der Waals surface area contributed by atoms with Gasteiger partial charge >= 0.3 is 0 Å². The number of nitriles is 1. The number of anilines is 1. The van der Waals surface area contributed by atoms with Crippen LogP contribution >= 0.6 is 27.5 Å². The van der Waals surface area contributed by atoms with Crippen LogP contribution in [-0.4, -0.2) is 5.91 Å². The summed E-state index contributed by atoms with van der Waals surface area (Å²) in [5.74, 6) is -1.02. The van der Waals surface area contributed by atoms with Crippen molar-refractivity contribution < 1.29 is 9.18 Å². The Labute approximate surface area is 134 Å². The Hall–Kier alpha value is -1.90. The molecule has 1 amide bonds. The van der Waals surface area contributed by atoms with Crippen molar-refractivity contribution in [3.05, 3.63) is 62.3 Å². The van der Waals surface area contributed by atoms with E-state index >= 15 is 0 Å². The van der Waals surface area contributed by atoms with Crippen molar-refractivity contribution in [2.45, 2.75) is 6.92 Å². The maximum absolute atomic E-state index is 13.7. The zero-order valence-electron chi connectivity index (χ0n) is 10.9. The van der Waals surface area contributed by atoms with Gasteiger partial charge in [-0.25, -0.2) is 4.39 Å². The molecule has 1 N–H and O–H groups in total. The number of amides is 1. The third-order valence-corrected chi connectivity index (χ3v) is 3.72. The molecule has 0 radical (unpaired) electrons. The molecule has 0 spiro atoms. The van der Waals surface area contributed by atoms with Gasteiger partial charge in [0.2, 0.25) is 0 Å². The summed E-state index contributed by atoms with van der Waals surface area (Å²) in [7, 11) is 0.